The first-order chi connectivity index (χ1) is 8.67. The van der Waals surface area contributed by atoms with Crippen LogP contribution in [0.2, 0.25) is 0 Å². The van der Waals surface area contributed by atoms with Crippen molar-refractivity contribution in [3.05, 3.63) is 50.9 Å². The number of hydrogen-bond donors (Lipinski definition) is 1. The number of rotatable bonds is 2. The zero-order chi connectivity index (χ0) is 13.1. The highest BCUT2D eigenvalue weighted by Crippen LogP contribution is 2.15. The van der Waals surface area contributed by atoms with Gasteiger partial charge in [0.15, 0.2) is 0 Å². The van der Waals surface area contributed by atoms with Crippen molar-refractivity contribution in [2.45, 2.75) is 13.5 Å². The second-order valence-corrected chi connectivity index (χ2v) is 3.61. The van der Waals surface area contributed by atoms with E-state index in [9.17, 15) is 9.59 Å². The average molecular weight is 242 g/mol. The largest absolute Gasteiger partial charge is 0.316 e. The van der Waals surface area contributed by atoms with Crippen molar-refractivity contribution in [3.63, 3.8) is 0 Å². The monoisotopic (exact) mass is 242 g/mol. The van der Waals surface area contributed by atoms with E-state index in [1.807, 2.05) is 6.92 Å². The molecule has 6 heteroatoms. The summed E-state index contributed by atoms with van der Waals surface area (Å²) in [5.74, 6) is 0. The van der Waals surface area contributed by atoms with Crippen LogP contribution >= 0.6 is 0 Å². The third-order valence-electron chi connectivity index (χ3n) is 2.58. The predicted octanol–water partition coefficient (Wildman–Crippen LogP) is 0.490. The van der Waals surface area contributed by atoms with E-state index in [0.717, 1.165) is 0 Å². The topological polar surface area (TPSA) is 91.5 Å². The molecule has 2 aromatic rings. The lowest BCUT2D eigenvalue weighted by molar-refractivity contribution is 0.727. The van der Waals surface area contributed by atoms with Crippen LogP contribution in [0.5, 0.6) is 0 Å². The molecule has 6 nitrogen and oxygen atoms in total. The third-order valence-corrected chi connectivity index (χ3v) is 2.58. The van der Waals surface area contributed by atoms with Crippen molar-refractivity contribution in [1.29, 1.82) is 5.26 Å². The summed E-state index contributed by atoms with van der Waals surface area (Å²) >= 11 is 0. The fourth-order valence-electron chi connectivity index (χ4n) is 1.64. The molecule has 0 radical (unpaired) electrons. The van der Waals surface area contributed by atoms with Gasteiger partial charge in [0.25, 0.3) is 11.1 Å². The van der Waals surface area contributed by atoms with Crippen LogP contribution in [0.15, 0.2) is 34.2 Å². The van der Waals surface area contributed by atoms with E-state index in [2.05, 4.69) is 9.97 Å². The highest BCUT2D eigenvalue weighted by atomic mass is 16.1. The molecule has 2 rings (SSSR count). The Morgan fingerprint density at radius 3 is 2.89 bits per heavy atom. The van der Waals surface area contributed by atoms with Gasteiger partial charge in [0.2, 0.25) is 0 Å². The minimum Gasteiger partial charge on any atom is -0.316 e. The molecular weight excluding hydrogens is 232 g/mol. The van der Waals surface area contributed by atoms with Gasteiger partial charge in [0.05, 0.1) is 12.0 Å². The maximum atomic E-state index is 11.7. The van der Waals surface area contributed by atoms with E-state index < -0.39 is 5.56 Å². The molecule has 1 N–H and O–H groups in total. The summed E-state index contributed by atoms with van der Waals surface area (Å²) in [5, 5.41) is 8.94. The molecule has 18 heavy (non-hydrogen) atoms. The van der Waals surface area contributed by atoms with Gasteiger partial charge in [0, 0.05) is 24.4 Å². The second kappa shape index (κ2) is 4.67. The molecule has 0 bridgehead atoms. The maximum Gasteiger partial charge on any atom is 0.269 e. The Labute approximate surface area is 102 Å². The van der Waals surface area contributed by atoms with E-state index in [-0.39, 0.29) is 16.8 Å². The van der Waals surface area contributed by atoms with E-state index in [4.69, 9.17) is 5.26 Å². The van der Waals surface area contributed by atoms with Gasteiger partial charge in [-0.2, -0.15) is 5.26 Å². The van der Waals surface area contributed by atoms with Gasteiger partial charge in [-0.25, -0.2) is 4.98 Å². The third kappa shape index (κ3) is 1.94. The van der Waals surface area contributed by atoms with E-state index >= 15 is 0 Å². The lowest BCUT2D eigenvalue weighted by Crippen LogP contribution is -2.18. The maximum absolute atomic E-state index is 11.7. The molecule has 0 saturated carbocycles. The van der Waals surface area contributed by atoms with Crippen LogP contribution in [0.3, 0.4) is 0 Å². The fraction of sp³-hybridized carbons (Fsp3) is 0.167. The van der Waals surface area contributed by atoms with Gasteiger partial charge < -0.3 is 9.55 Å². The SMILES string of the molecule is CCn1ccc(-c2nc[nH]c(=O)c2C#N)cc1=O. The number of aromatic nitrogens is 3. The van der Waals surface area contributed by atoms with Crippen LogP contribution in [-0.4, -0.2) is 14.5 Å². The van der Waals surface area contributed by atoms with Gasteiger partial charge in [-0.15, -0.1) is 0 Å². The Hall–Kier alpha value is -2.68. The van der Waals surface area contributed by atoms with Gasteiger partial charge in [-0.1, -0.05) is 0 Å². The van der Waals surface area contributed by atoms with Crippen molar-refractivity contribution in [2.24, 2.45) is 0 Å². The Bertz CT molecular complexity index is 737. The number of hydrogen-bond acceptors (Lipinski definition) is 4. The molecule has 0 unspecified atom stereocenters. The summed E-state index contributed by atoms with van der Waals surface area (Å²) in [5.41, 5.74) is -0.108. The molecule has 0 aromatic carbocycles. The lowest BCUT2D eigenvalue weighted by atomic mass is 10.1. The molecule has 0 fully saturated rings. The first-order valence-corrected chi connectivity index (χ1v) is 5.36. The van der Waals surface area contributed by atoms with E-state index in [1.54, 1.807) is 18.3 Å². The molecular formula is C12H10N4O2. The Kier molecular flexibility index (Phi) is 3.06. The molecule has 0 saturated heterocycles. The summed E-state index contributed by atoms with van der Waals surface area (Å²) in [6, 6.07) is 4.82. The van der Waals surface area contributed by atoms with Gasteiger partial charge in [0.1, 0.15) is 11.6 Å². The molecule has 0 aliphatic heterocycles. The minimum atomic E-state index is -0.512. The van der Waals surface area contributed by atoms with Crippen molar-refractivity contribution < 1.29 is 0 Å². The van der Waals surface area contributed by atoms with Crippen molar-refractivity contribution in [3.8, 4) is 17.3 Å². The number of nitrogens with zero attached hydrogens (tertiary/aromatic N) is 3. The molecule has 0 aliphatic rings. The number of nitrogens with one attached hydrogen (secondary N) is 1. The Morgan fingerprint density at radius 2 is 2.28 bits per heavy atom. The molecule has 0 amide bonds. The fourth-order valence-corrected chi connectivity index (χ4v) is 1.64. The summed E-state index contributed by atoms with van der Waals surface area (Å²) in [6.45, 7) is 2.42. The number of nitriles is 1. The number of aromatic amines is 1. The molecule has 0 aliphatic carbocycles. The quantitative estimate of drug-likeness (QED) is 0.829. The van der Waals surface area contributed by atoms with E-state index in [0.29, 0.717) is 12.1 Å². The van der Waals surface area contributed by atoms with Crippen LogP contribution in [-0.2, 0) is 6.54 Å². The van der Waals surface area contributed by atoms with Crippen LogP contribution in [0.1, 0.15) is 12.5 Å². The van der Waals surface area contributed by atoms with Gasteiger partial charge in [-0.05, 0) is 13.0 Å². The minimum absolute atomic E-state index is 0.0915. The summed E-state index contributed by atoms with van der Waals surface area (Å²) in [4.78, 5) is 29.4. The number of pyridine rings is 1. The van der Waals surface area contributed by atoms with Crippen LogP contribution < -0.4 is 11.1 Å². The van der Waals surface area contributed by atoms with Crippen LogP contribution in [0.4, 0.5) is 0 Å². The zero-order valence-corrected chi connectivity index (χ0v) is 9.67. The van der Waals surface area contributed by atoms with E-state index in [1.165, 1.54) is 17.0 Å². The smallest absolute Gasteiger partial charge is 0.269 e. The van der Waals surface area contributed by atoms with Crippen molar-refractivity contribution >= 4 is 0 Å². The van der Waals surface area contributed by atoms with Crippen LogP contribution in [0, 0.1) is 11.3 Å². The zero-order valence-electron chi connectivity index (χ0n) is 9.67. The van der Waals surface area contributed by atoms with Gasteiger partial charge in [-0.3, -0.25) is 9.59 Å². The molecule has 0 spiro atoms. The summed E-state index contributed by atoms with van der Waals surface area (Å²) in [6.07, 6.45) is 2.82. The Morgan fingerprint density at radius 1 is 1.50 bits per heavy atom. The molecule has 2 heterocycles. The molecule has 2 aromatic heterocycles. The first kappa shape index (κ1) is 11.8. The first-order valence-electron chi connectivity index (χ1n) is 5.36. The number of H-pyrrole nitrogens is 1. The van der Waals surface area contributed by atoms with Crippen molar-refractivity contribution in [1.82, 2.24) is 14.5 Å². The standard InChI is InChI=1S/C12H10N4O2/c1-2-16-4-3-8(5-10(16)17)11-9(6-13)12(18)15-7-14-11/h3-5,7H,2H2,1H3,(H,14,15,18). The number of aryl methyl sites for hydroxylation is 1. The molecule has 90 valence electrons. The lowest BCUT2D eigenvalue weighted by Gasteiger charge is -2.04. The van der Waals surface area contributed by atoms with Crippen molar-refractivity contribution in [2.75, 3.05) is 0 Å². The van der Waals surface area contributed by atoms with Crippen LogP contribution in [0.25, 0.3) is 11.3 Å². The predicted molar refractivity (Wildman–Crippen MR) is 64.9 cm³/mol. The Balaban J connectivity index is 2.68. The molecule has 0 atom stereocenters. The normalized spacial score (nSPS) is 10.0. The average Bonchev–Trinajstić information content (AvgIpc) is 2.38. The summed E-state index contributed by atoms with van der Waals surface area (Å²) in [7, 11) is 0. The van der Waals surface area contributed by atoms with Gasteiger partial charge >= 0.3 is 0 Å². The highest BCUT2D eigenvalue weighted by molar-refractivity contribution is 5.64. The highest BCUT2D eigenvalue weighted by Gasteiger charge is 2.10. The summed E-state index contributed by atoms with van der Waals surface area (Å²) < 4.78 is 1.52. The second-order valence-electron chi connectivity index (χ2n) is 3.61.